The summed E-state index contributed by atoms with van der Waals surface area (Å²) in [5.41, 5.74) is 1.40. The minimum absolute atomic E-state index is 0.0769. The van der Waals surface area contributed by atoms with Gasteiger partial charge in [0, 0.05) is 11.6 Å². The predicted octanol–water partition coefficient (Wildman–Crippen LogP) is 3.67. The van der Waals surface area contributed by atoms with E-state index in [-0.39, 0.29) is 11.5 Å². The fourth-order valence-corrected chi connectivity index (χ4v) is 2.55. The Balaban J connectivity index is 1.93. The zero-order valence-corrected chi connectivity index (χ0v) is 14.4. The van der Waals surface area contributed by atoms with Crippen LogP contribution in [0.15, 0.2) is 48.5 Å². The average Bonchev–Trinajstić information content (AvgIpc) is 2.55. The molecule has 2 rings (SSSR count). The maximum Gasteiger partial charge on any atom is 0.335 e. The van der Waals surface area contributed by atoms with Crippen molar-refractivity contribution in [3.63, 3.8) is 0 Å². The molecule has 0 saturated carbocycles. The van der Waals surface area contributed by atoms with Crippen LogP contribution < -0.4 is 5.32 Å². The molecular weight excluding hydrogens is 326 g/mol. The van der Waals surface area contributed by atoms with Crippen molar-refractivity contribution >= 4 is 23.5 Å². The number of carboxylic acid groups (broad SMARTS) is 1. The molecular formula is C19H20ClNO3. The molecule has 126 valence electrons. The van der Waals surface area contributed by atoms with Gasteiger partial charge >= 0.3 is 5.97 Å². The van der Waals surface area contributed by atoms with Gasteiger partial charge in [0.15, 0.2) is 0 Å². The van der Waals surface area contributed by atoms with Gasteiger partial charge < -0.3 is 10.4 Å². The Hall–Kier alpha value is -2.33. The number of rotatable bonds is 6. The van der Waals surface area contributed by atoms with Crippen LogP contribution in [0.3, 0.4) is 0 Å². The first-order valence-corrected chi connectivity index (χ1v) is 8.05. The summed E-state index contributed by atoms with van der Waals surface area (Å²) < 4.78 is 0. The average molecular weight is 346 g/mol. The number of nitrogens with one attached hydrogen (secondary N) is 1. The molecule has 1 amide bonds. The van der Waals surface area contributed by atoms with Gasteiger partial charge in [0.25, 0.3) is 0 Å². The lowest BCUT2D eigenvalue weighted by molar-refractivity contribution is -0.125. The molecule has 0 saturated heterocycles. The number of carboxylic acids is 1. The van der Waals surface area contributed by atoms with E-state index >= 15 is 0 Å². The number of benzene rings is 2. The van der Waals surface area contributed by atoms with E-state index in [9.17, 15) is 9.59 Å². The summed E-state index contributed by atoms with van der Waals surface area (Å²) in [6.07, 6.45) is 0.636. The smallest absolute Gasteiger partial charge is 0.335 e. The van der Waals surface area contributed by atoms with Gasteiger partial charge in [-0.05, 0) is 55.7 Å². The Bertz CT molecular complexity index is 739. The molecule has 0 aliphatic carbocycles. The summed E-state index contributed by atoms with van der Waals surface area (Å²) >= 11 is 6.00. The third-order valence-corrected chi connectivity index (χ3v) is 4.25. The molecule has 0 unspecified atom stereocenters. The van der Waals surface area contributed by atoms with E-state index in [1.165, 1.54) is 0 Å². The second kappa shape index (κ2) is 7.49. The minimum Gasteiger partial charge on any atom is -0.478 e. The molecule has 2 N–H and O–H groups in total. The van der Waals surface area contributed by atoms with E-state index in [2.05, 4.69) is 5.32 Å². The summed E-state index contributed by atoms with van der Waals surface area (Å²) in [5.74, 6) is -1.02. The van der Waals surface area contributed by atoms with Crippen molar-refractivity contribution in [3.8, 4) is 0 Å². The highest BCUT2D eigenvalue weighted by Gasteiger charge is 2.29. The highest BCUT2D eigenvalue weighted by atomic mass is 35.5. The van der Waals surface area contributed by atoms with Gasteiger partial charge in [-0.25, -0.2) is 4.79 Å². The highest BCUT2D eigenvalue weighted by molar-refractivity contribution is 6.30. The molecule has 4 nitrogen and oxygen atoms in total. The summed E-state index contributed by atoms with van der Waals surface area (Å²) in [6.45, 7) is 4.19. The monoisotopic (exact) mass is 345 g/mol. The molecule has 24 heavy (non-hydrogen) atoms. The molecule has 0 bridgehead atoms. The zero-order valence-electron chi connectivity index (χ0n) is 13.7. The fourth-order valence-electron chi connectivity index (χ4n) is 2.36. The van der Waals surface area contributed by atoms with Gasteiger partial charge in [0.05, 0.1) is 11.0 Å². The number of carbonyl (C=O) groups is 2. The van der Waals surface area contributed by atoms with Gasteiger partial charge in [-0.1, -0.05) is 35.9 Å². The van der Waals surface area contributed by atoms with E-state index in [1.54, 1.807) is 36.4 Å². The van der Waals surface area contributed by atoms with Crippen molar-refractivity contribution in [2.75, 3.05) is 6.54 Å². The molecule has 2 aromatic rings. The first-order valence-electron chi connectivity index (χ1n) is 7.67. The van der Waals surface area contributed by atoms with E-state index in [0.29, 0.717) is 18.0 Å². The van der Waals surface area contributed by atoms with E-state index < -0.39 is 11.4 Å². The van der Waals surface area contributed by atoms with Crippen molar-refractivity contribution in [2.45, 2.75) is 25.7 Å². The number of amides is 1. The summed E-state index contributed by atoms with van der Waals surface area (Å²) in [4.78, 5) is 23.3. The Morgan fingerprint density at radius 2 is 1.79 bits per heavy atom. The van der Waals surface area contributed by atoms with Gasteiger partial charge in [0.1, 0.15) is 0 Å². The third kappa shape index (κ3) is 4.36. The zero-order chi connectivity index (χ0) is 17.7. The maximum atomic E-state index is 12.5. The Labute approximate surface area is 146 Å². The molecule has 0 fully saturated rings. The Morgan fingerprint density at radius 1 is 1.12 bits per heavy atom. The SMILES string of the molecule is CC(C)(C(=O)NCCc1ccc(C(=O)O)cc1)c1cccc(Cl)c1. The second-order valence-corrected chi connectivity index (χ2v) is 6.58. The Morgan fingerprint density at radius 3 is 2.38 bits per heavy atom. The normalized spacial score (nSPS) is 11.1. The number of hydrogen-bond donors (Lipinski definition) is 2. The van der Waals surface area contributed by atoms with E-state index in [4.69, 9.17) is 16.7 Å². The maximum absolute atomic E-state index is 12.5. The van der Waals surface area contributed by atoms with E-state index in [1.807, 2.05) is 26.0 Å². The first kappa shape index (κ1) is 18.0. The van der Waals surface area contributed by atoms with Crippen LogP contribution in [0.1, 0.15) is 35.3 Å². The quantitative estimate of drug-likeness (QED) is 0.839. The highest BCUT2D eigenvalue weighted by Crippen LogP contribution is 2.25. The van der Waals surface area contributed by atoms with Crippen molar-refractivity contribution < 1.29 is 14.7 Å². The van der Waals surface area contributed by atoms with Crippen LogP contribution in [0.5, 0.6) is 0 Å². The lowest BCUT2D eigenvalue weighted by atomic mass is 9.83. The fraction of sp³-hybridized carbons (Fsp3) is 0.263. The van der Waals surface area contributed by atoms with Crippen LogP contribution in [0, 0.1) is 0 Å². The molecule has 0 aromatic heterocycles. The standard InChI is InChI=1S/C19H20ClNO3/c1-19(2,15-4-3-5-16(20)12-15)18(24)21-11-10-13-6-8-14(9-7-13)17(22)23/h3-9,12H,10-11H2,1-2H3,(H,21,24)(H,22,23). The van der Waals surface area contributed by atoms with Crippen LogP contribution in [0.25, 0.3) is 0 Å². The molecule has 0 radical (unpaired) electrons. The van der Waals surface area contributed by atoms with Gasteiger partial charge in [0.2, 0.25) is 5.91 Å². The Kier molecular flexibility index (Phi) is 5.62. The number of hydrogen-bond acceptors (Lipinski definition) is 2. The van der Waals surface area contributed by atoms with Gasteiger partial charge in [-0.15, -0.1) is 0 Å². The minimum atomic E-state index is -0.946. The lowest BCUT2D eigenvalue weighted by Crippen LogP contribution is -2.40. The summed E-state index contributed by atoms with van der Waals surface area (Å²) in [7, 11) is 0. The van der Waals surface area contributed by atoms with Crippen LogP contribution >= 0.6 is 11.6 Å². The van der Waals surface area contributed by atoms with Gasteiger partial charge in [-0.2, -0.15) is 0 Å². The van der Waals surface area contributed by atoms with Crippen molar-refractivity contribution in [1.29, 1.82) is 0 Å². The largest absolute Gasteiger partial charge is 0.478 e. The third-order valence-electron chi connectivity index (χ3n) is 4.01. The molecule has 2 aromatic carbocycles. The topological polar surface area (TPSA) is 66.4 Å². The summed E-state index contributed by atoms with van der Waals surface area (Å²) in [5, 5.41) is 12.4. The lowest BCUT2D eigenvalue weighted by Gasteiger charge is -2.24. The predicted molar refractivity (Wildman–Crippen MR) is 94.6 cm³/mol. The summed E-state index contributed by atoms with van der Waals surface area (Å²) in [6, 6.07) is 13.9. The van der Waals surface area contributed by atoms with Gasteiger partial charge in [-0.3, -0.25) is 4.79 Å². The number of aromatic carboxylic acids is 1. The van der Waals surface area contributed by atoms with Crippen LogP contribution in [0.2, 0.25) is 5.02 Å². The second-order valence-electron chi connectivity index (χ2n) is 6.14. The van der Waals surface area contributed by atoms with Crippen LogP contribution in [0.4, 0.5) is 0 Å². The van der Waals surface area contributed by atoms with E-state index in [0.717, 1.165) is 11.1 Å². The molecule has 0 heterocycles. The molecule has 5 heteroatoms. The first-order chi connectivity index (χ1) is 11.3. The van der Waals surface area contributed by atoms with Crippen molar-refractivity contribution in [2.24, 2.45) is 0 Å². The van der Waals surface area contributed by atoms with Crippen LogP contribution in [-0.2, 0) is 16.6 Å². The van der Waals surface area contributed by atoms with Crippen LogP contribution in [-0.4, -0.2) is 23.5 Å². The number of carbonyl (C=O) groups excluding carboxylic acids is 1. The molecule has 0 spiro atoms. The number of halogens is 1. The van der Waals surface area contributed by atoms with Crippen molar-refractivity contribution in [1.82, 2.24) is 5.32 Å². The molecule has 0 aliphatic rings. The molecule has 0 aliphatic heterocycles. The van der Waals surface area contributed by atoms with Crippen molar-refractivity contribution in [3.05, 3.63) is 70.2 Å². The molecule has 0 atom stereocenters.